The lowest BCUT2D eigenvalue weighted by Gasteiger charge is -2.25. The number of halogens is 3. The number of carboxylic acid groups (broad SMARTS) is 1. The van der Waals surface area contributed by atoms with E-state index in [0.717, 1.165) is 49.1 Å². The number of furan rings is 1. The van der Waals surface area contributed by atoms with Crippen LogP contribution in [-0.4, -0.2) is 11.1 Å². The van der Waals surface area contributed by atoms with Crippen molar-refractivity contribution in [2.45, 2.75) is 70.6 Å². The summed E-state index contributed by atoms with van der Waals surface area (Å²) in [4.78, 5) is 11.2. The average molecular weight is 501 g/mol. The summed E-state index contributed by atoms with van der Waals surface area (Å²) in [5.41, 5.74) is 0.975. The van der Waals surface area contributed by atoms with Crippen LogP contribution in [-0.2, 0) is 6.18 Å². The van der Waals surface area contributed by atoms with Gasteiger partial charge >= 0.3 is 12.1 Å². The molecule has 1 N–H and O–H groups in total. The van der Waals surface area contributed by atoms with Crippen molar-refractivity contribution in [3.8, 4) is 17.1 Å². The second-order valence-electron chi connectivity index (χ2n) is 9.91. The van der Waals surface area contributed by atoms with Gasteiger partial charge in [0.2, 0.25) is 0 Å². The number of alkyl halides is 3. The van der Waals surface area contributed by atoms with E-state index >= 15 is 0 Å². The molecule has 2 aromatic carbocycles. The summed E-state index contributed by atoms with van der Waals surface area (Å²) in [5.74, 6) is 1.45. The molecule has 3 aromatic rings. The van der Waals surface area contributed by atoms with E-state index in [2.05, 4.69) is 13.8 Å². The quantitative estimate of drug-likeness (QED) is 0.336. The maximum Gasteiger partial charge on any atom is 0.416 e. The minimum Gasteiger partial charge on any atom is -0.486 e. The van der Waals surface area contributed by atoms with Crippen LogP contribution in [0.25, 0.3) is 11.3 Å². The first-order valence-electron chi connectivity index (χ1n) is 12.4. The highest BCUT2D eigenvalue weighted by Crippen LogP contribution is 2.43. The van der Waals surface area contributed by atoms with E-state index in [1.54, 1.807) is 12.1 Å². The summed E-state index contributed by atoms with van der Waals surface area (Å²) in [6.45, 7) is 4.20. The Morgan fingerprint density at radius 2 is 1.67 bits per heavy atom. The van der Waals surface area contributed by atoms with Crippen molar-refractivity contribution in [3.63, 3.8) is 0 Å². The third-order valence-corrected chi connectivity index (χ3v) is 6.68. The fourth-order valence-electron chi connectivity index (χ4n) is 4.83. The summed E-state index contributed by atoms with van der Waals surface area (Å²) >= 11 is 0. The molecule has 0 bridgehead atoms. The minimum absolute atomic E-state index is 0.179. The maximum absolute atomic E-state index is 13.1. The number of carbonyl (C=O) groups is 1. The molecule has 1 fully saturated rings. The van der Waals surface area contributed by atoms with E-state index in [0.29, 0.717) is 29.4 Å². The number of aromatic carboxylic acids is 1. The molecule has 1 heterocycles. The second-order valence-corrected chi connectivity index (χ2v) is 9.91. The smallest absolute Gasteiger partial charge is 0.416 e. The van der Waals surface area contributed by atoms with Crippen LogP contribution in [0, 0.1) is 5.92 Å². The Balaban J connectivity index is 1.72. The van der Waals surface area contributed by atoms with Gasteiger partial charge < -0.3 is 14.3 Å². The Labute approximate surface area is 209 Å². The number of ether oxygens (including phenoxy) is 1. The molecule has 7 heteroatoms. The summed E-state index contributed by atoms with van der Waals surface area (Å²) in [6.07, 6.45) is 1.34. The largest absolute Gasteiger partial charge is 0.486 e. The highest BCUT2D eigenvalue weighted by molar-refractivity contribution is 5.87. The molecule has 0 spiro atoms. The summed E-state index contributed by atoms with van der Waals surface area (Å²) < 4.78 is 52.0. The lowest BCUT2D eigenvalue weighted by Crippen LogP contribution is -2.14. The standard InChI is InChI=1S/C29H31F3O4/c1-18(2)16-26(35-23-14-10-21(11-15-23)28(33)34)24-17-25(36-27(24)20-6-4-3-5-7-20)19-8-12-22(13-9-19)29(30,31)32/h8-15,17-18,20,26H,3-7,16H2,1-2H3,(H,33,34). The molecular weight excluding hydrogens is 469 g/mol. The third-order valence-electron chi connectivity index (χ3n) is 6.68. The molecule has 0 amide bonds. The van der Waals surface area contributed by atoms with Gasteiger partial charge in [0, 0.05) is 17.0 Å². The Morgan fingerprint density at radius 3 is 2.22 bits per heavy atom. The van der Waals surface area contributed by atoms with Crippen molar-refractivity contribution in [1.82, 2.24) is 0 Å². The van der Waals surface area contributed by atoms with Crippen LogP contribution in [0.15, 0.2) is 59.0 Å². The lowest BCUT2D eigenvalue weighted by molar-refractivity contribution is -0.137. The van der Waals surface area contributed by atoms with Crippen molar-refractivity contribution in [2.75, 3.05) is 0 Å². The van der Waals surface area contributed by atoms with Gasteiger partial charge in [-0.05, 0) is 67.6 Å². The fraction of sp³-hybridized carbons (Fsp3) is 0.414. The normalized spacial score (nSPS) is 15.7. The van der Waals surface area contributed by atoms with Gasteiger partial charge in [0.25, 0.3) is 0 Å². The van der Waals surface area contributed by atoms with Crippen molar-refractivity contribution in [3.05, 3.63) is 77.0 Å². The zero-order valence-electron chi connectivity index (χ0n) is 20.5. The third kappa shape index (κ3) is 6.12. The molecule has 0 radical (unpaired) electrons. The van der Waals surface area contributed by atoms with Crippen LogP contribution in [0.5, 0.6) is 5.75 Å². The molecule has 1 aliphatic carbocycles. The van der Waals surface area contributed by atoms with Gasteiger partial charge in [-0.1, -0.05) is 45.2 Å². The first-order chi connectivity index (χ1) is 17.1. The molecule has 0 saturated heterocycles. The van der Waals surface area contributed by atoms with E-state index in [1.165, 1.54) is 30.7 Å². The van der Waals surface area contributed by atoms with E-state index < -0.39 is 17.7 Å². The summed E-state index contributed by atoms with van der Waals surface area (Å²) in [6, 6.07) is 13.3. The number of benzene rings is 2. The van der Waals surface area contributed by atoms with Gasteiger partial charge in [0.1, 0.15) is 23.4 Å². The molecule has 0 aliphatic heterocycles. The number of carboxylic acids is 1. The number of hydrogen-bond donors (Lipinski definition) is 1. The first-order valence-corrected chi connectivity index (χ1v) is 12.4. The topological polar surface area (TPSA) is 59.7 Å². The van der Waals surface area contributed by atoms with E-state index in [9.17, 15) is 23.1 Å². The van der Waals surface area contributed by atoms with Gasteiger partial charge in [-0.15, -0.1) is 0 Å². The molecule has 192 valence electrons. The predicted octanol–water partition coefficient (Wildman–Crippen LogP) is 8.88. The Morgan fingerprint density at radius 1 is 1.03 bits per heavy atom. The molecule has 4 nitrogen and oxygen atoms in total. The van der Waals surface area contributed by atoms with Crippen molar-refractivity contribution >= 4 is 5.97 Å². The van der Waals surface area contributed by atoms with Crippen molar-refractivity contribution < 1.29 is 32.2 Å². The molecule has 1 saturated carbocycles. The zero-order chi connectivity index (χ0) is 25.9. The monoisotopic (exact) mass is 500 g/mol. The highest BCUT2D eigenvalue weighted by Gasteiger charge is 2.31. The van der Waals surface area contributed by atoms with Crippen LogP contribution in [0.4, 0.5) is 13.2 Å². The van der Waals surface area contributed by atoms with E-state index in [4.69, 9.17) is 9.15 Å². The maximum atomic E-state index is 13.1. The van der Waals surface area contributed by atoms with Crippen LogP contribution in [0.3, 0.4) is 0 Å². The van der Waals surface area contributed by atoms with Crippen LogP contribution in [0.1, 0.15) is 91.6 Å². The predicted molar refractivity (Wildman–Crippen MR) is 131 cm³/mol. The van der Waals surface area contributed by atoms with Crippen LogP contribution >= 0.6 is 0 Å². The van der Waals surface area contributed by atoms with Crippen molar-refractivity contribution in [2.24, 2.45) is 5.92 Å². The van der Waals surface area contributed by atoms with Gasteiger partial charge in [0.05, 0.1) is 11.1 Å². The Bertz CT molecular complexity index is 1150. The van der Waals surface area contributed by atoms with Gasteiger partial charge in [0.15, 0.2) is 0 Å². The van der Waals surface area contributed by atoms with Gasteiger partial charge in [-0.2, -0.15) is 13.2 Å². The molecule has 1 unspecified atom stereocenters. The second kappa shape index (κ2) is 10.8. The first kappa shape index (κ1) is 25.9. The van der Waals surface area contributed by atoms with E-state index in [-0.39, 0.29) is 17.6 Å². The Hall–Kier alpha value is -3.22. The average Bonchev–Trinajstić information content (AvgIpc) is 3.29. The molecule has 1 aliphatic rings. The Kier molecular flexibility index (Phi) is 7.76. The van der Waals surface area contributed by atoms with Gasteiger partial charge in [-0.3, -0.25) is 0 Å². The molecular formula is C29H31F3O4. The molecule has 1 aromatic heterocycles. The van der Waals surface area contributed by atoms with Gasteiger partial charge in [-0.25, -0.2) is 4.79 Å². The SMILES string of the molecule is CC(C)CC(Oc1ccc(C(=O)O)cc1)c1cc(-c2ccc(C(F)(F)F)cc2)oc1C1CCCCC1. The van der Waals surface area contributed by atoms with Crippen LogP contribution < -0.4 is 4.74 Å². The minimum atomic E-state index is -4.40. The highest BCUT2D eigenvalue weighted by atomic mass is 19.4. The van der Waals surface area contributed by atoms with E-state index in [1.807, 2.05) is 6.07 Å². The molecule has 1 atom stereocenters. The van der Waals surface area contributed by atoms with Crippen molar-refractivity contribution in [1.29, 1.82) is 0 Å². The lowest BCUT2D eigenvalue weighted by atomic mass is 9.84. The summed E-state index contributed by atoms with van der Waals surface area (Å²) in [5, 5.41) is 9.19. The molecule has 36 heavy (non-hydrogen) atoms. The fourth-order valence-corrected chi connectivity index (χ4v) is 4.83. The van der Waals surface area contributed by atoms with Crippen LogP contribution in [0.2, 0.25) is 0 Å². The molecule has 4 rings (SSSR count). The number of rotatable bonds is 8. The summed E-state index contributed by atoms with van der Waals surface area (Å²) in [7, 11) is 0. The number of hydrogen-bond acceptors (Lipinski definition) is 3. The zero-order valence-corrected chi connectivity index (χ0v) is 20.5.